The summed E-state index contributed by atoms with van der Waals surface area (Å²) < 4.78 is 1.01. The summed E-state index contributed by atoms with van der Waals surface area (Å²) in [6, 6.07) is 4.15. The van der Waals surface area contributed by atoms with Crippen LogP contribution in [0, 0.1) is 6.92 Å². The third-order valence-electron chi connectivity index (χ3n) is 3.57. The Kier molecular flexibility index (Phi) is 4.22. The molecule has 0 fully saturated rings. The van der Waals surface area contributed by atoms with E-state index in [1.165, 1.54) is 11.1 Å². The maximum Gasteiger partial charge on any atom is 0.0398 e. The highest BCUT2D eigenvalue weighted by atomic mass is 79.9. The van der Waals surface area contributed by atoms with Gasteiger partial charge in [0, 0.05) is 20.8 Å². The van der Waals surface area contributed by atoms with Crippen LogP contribution in [0.3, 0.4) is 0 Å². The molecule has 1 nitrogen and oxygen atoms in total. The van der Waals surface area contributed by atoms with Gasteiger partial charge < -0.3 is 5.73 Å². The Bertz CT molecular complexity index is 611. The van der Waals surface area contributed by atoms with Crippen LogP contribution in [-0.2, 0) is 0 Å². The first kappa shape index (κ1) is 14.4. The lowest BCUT2D eigenvalue weighted by atomic mass is 9.88. The van der Waals surface area contributed by atoms with Crippen LogP contribution in [0.5, 0.6) is 0 Å². The van der Waals surface area contributed by atoms with Gasteiger partial charge in [0.1, 0.15) is 0 Å². The molecule has 1 aromatic rings. The average Bonchev–Trinajstić information content (AvgIpc) is 2.35. The van der Waals surface area contributed by atoms with E-state index in [0.29, 0.717) is 5.70 Å². The van der Waals surface area contributed by atoms with E-state index < -0.39 is 0 Å². The Balaban J connectivity index is 2.67. The third-order valence-corrected chi connectivity index (χ3v) is 4.47. The number of allylic oxidation sites excluding steroid dienone is 4. The number of rotatable bonds is 2. The standard InChI is InChI=1S/C16H17BrClN/c1-9-14(11(3)19)7-12(17)8-15(9)13-5-4-6-16(18)10(13)2/h6-8H,3-5,19H2,1-2H3. The minimum Gasteiger partial charge on any atom is -0.399 e. The number of hydrogen-bond acceptors (Lipinski definition) is 1. The van der Waals surface area contributed by atoms with Crippen LogP contribution in [0.1, 0.15) is 36.5 Å². The molecule has 3 heteroatoms. The van der Waals surface area contributed by atoms with Gasteiger partial charge in [-0.3, -0.25) is 0 Å². The molecule has 0 heterocycles. The van der Waals surface area contributed by atoms with Crippen LogP contribution in [0.25, 0.3) is 11.3 Å². The minimum absolute atomic E-state index is 0.593. The van der Waals surface area contributed by atoms with E-state index in [4.69, 9.17) is 17.3 Å². The molecule has 0 radical (unpaired) electrons. The van der Waals surface area contributed by atoms with Crippen molar-refractivity contribution in [3.8, 4) is 0 Å². The SMILES string of the molecule is C=C(N)c1cc(Br)cc(C2=C(C)C(Cl)=CCC2)c1C. The van der Waals surface area contributed by atoms with Gasteiger partial charge in [0.15, 0.2) is 0 Å². The summed E-state index contributed by atoms with van der Waals surface area (Å²) in [7, 11) is 0. The lowest BCUT2D eigenvalue weighted by Gasteiger charge is -2.20. The lowest BCUT2D eigenvalue weighted by Crippen LogP contribution is -2.03. The molecule has 1 aromatic carbocycles. The molecule has 0 aromatic heterocycles. The van der Waals surface area contributed by atoms with Gasteiger partial charge >= 0.3 is 0 Å². The van der Waals surface area contributed by atoms with Crippen molar-refractivity contribution in [3.63, 3.8) is 0 Å². The summed E-state index contributed by atoms with van der Waals surface area (Å²) in [6.07, 6.45) is 4.07. The fraction of sp³-hybridized carbons (Fsp3) is 0.250. The van der Waals surface area contributed by atoms with E-state index in [0.717, 1.165) is 39.0 Å². The molecule has 0 amide bonds. The molecule has 100 valence electrons. The Morgan fingerprint density at radius 1 is 1.37 bits per heavy atom. The zero-order chi connectivity index (χ0) is 14.2. The van der Waals surface area contributed by atoms with Crippen LogP contribution >= 0.6 is 27.5 Å². The van der Waals surface area contributed by atoms with Gasteiger partial charge in [-0.1, -0.05) is 40.2 Å². The van der Waals surface area contributed by atoms with Gasteiger partial charge in [-0.25, -0.2) is 0 Å². The second-order valence-corrected chi connectivity index (χ2v) is 6.17. The smallest absolute Gasteiger partial charge is 0.0398 e. The van der Waals surface area contributed by atoms with Crippen molar-refractivity contribution in [3.05, 3.63) is 56.6 Å². The van der Waals surface area contributed by atoms with Crippen LogP contribution in [0.15, 0.2) is 39.9 Å². The maximum atomic E-state index is 6.26. The van der Waals surface area contributed by atoms with Gasteiger partial charge in [-0.05, 0) is 61.1 Å². The fourth-order valence-electron chi connectivity index (χ4n) is 2.49. The summed E-state index contributed by atoms with van der Waals surface area (Å²) >= 11 is 9.81. The van der Waals surface area contributed by atoms with Gasteiger partial charge in [-0.15, -0.1) is 0 Å². The van der Waals surface area contributed by atoms with Gasteiger partial charge in [0.25, 0.3) is 0 Å². The Morgan fingerprint density at radius 2 is 2.05 bits per heavy atom. The number of benzene rings is 1. The fourth-order valence-corrected chi connectivity index (χ4v) is 3.17. The second-order valence-electron chi connectivity index (χ2n) is 4.85. The predicted molar refractivity (Wildman–Crippen MR) is 87.9 cm³/mol. The first-order chi connectivity index (χ1) is 8.91. The number of hydrogen-bond donors (Lipinski definition) is 1. The molecule has 0 saturated carbocycles. The van der Waals surface area contributed by atoms with E-state index in [1.807, 2.05) is 6.07 Å². The summed E-state index contributed by atoms with van der Waals surface area (Å²) in [4.78, 5) is 0. The van der Waals surface area contributed by atoms with Crippen molar-refractivity contribution in [2.45, 2.75) is 26.7 Å². The van der Waals surface area contributed by atoms with Gasteiger partial charge in [0.2, 0.25) is 0 Å². The van der Waals surface area contributed by atoms with Gasteiger partial charge in [0.05, 0.1) is 0 Å². The minimum atomic E-state index is 0.593. The first-order valence-corrected chi connectivity index (χ1v) is 7.40. The van der Waals surface area contributed by atoms with E-state index in [-0.39, 0.29) is 0 Å². The Labute approximate surface area is 128 Å². The molecule has 2 N–H and O–H groups in total. The molecule has 0 saturated heterocycles. The van der Waals surface area contributed by atoms with Crippen molar-refractivity contribution in [2.75, 3.05) is 0 Å². The van der Waals surface area contributed by atoms with Crippen molar-refractivity contribution >= 4 is 38.8 Å². The predicted octanol–water partition coefficient (Wildman–Crippen LogP) is 5.38. The molecule has 0 aliphatic heterocycles. The highest BCUT2D eigenvalue weighted by molar-refractivity contribution is 9.10. The van der Waals surface area contributed by atoms with E-state index in [1.54, 1.807) is 0 Å². The number of nitrogens with two attached hydrogens (primary N) is 1. The van der Waals surface area contributed by atoms with Crippen LogP contribution in [-0.4, -0.2) is 0 Å². The molecule has 1 aliphatic rings. The summed E-state index contributed by atoms with van der Waals surface area (Å²) in [5, 5.41) is 0.855. The van der Waals surface area contributed by atoms with Crippen molar-refractivity contribution in [1.82, 2.24) is 0 Å². The van der Waals surface area contributed by atoms with Crippen molar-refractivity contribution in [2.24, 2.45) is 5.73 Å². The maximum absolute atomic E-state index is 6.26. The second kappa shape index (κ2) is 5.56. The molecule has 1 aliphatic carbocycles. The summed E-state index contributed by atoms with van der Waals surface area (Å²) in [5.41, 5.74) is 12.3. The van der Waals surface area contributed by atoms with E-state index >= 15 is 0 Å². The van der Waals surface area contributed by atoms with Crippen molar-refractivity contribution < 1.29 is 0 Å². The summed E-state index contributed by atoms with van der Waals surface area (Å²) in [6.45, 7) is 8.01. The zero-order valence-electron chi connectivity index (χ0n) is 11.2. The molecular formula is C16H17BrClN. The van der Waals surface area contributed by atoms with E-state index in [9.17, 15) is 0 Å². The molecular weight excluding hydrogens is 322 g/mol. The highest BCUT2D eigenvalue weighted by Crippen LogP contribution is 2.37. The lowest BCUT2D eigenvalue weighted by molar-refractivity contribution is 1.03. The van der Waals surface area contributed by atoms with Crippen LogP contribution < -0.4 is 5.73 Å². The Hall–Kier alpha value is -0.990. The molecule has 2 rings (SSSR count). The number of halogens is 2. The Morgan fingerprint density at radius 3 is 2.68 bits per heavy atom. The van der Waals surface area contributed by atoms with E-state index in [2.05, 4.69) is 48.5 Å². The van der Waals surface area contributed by atoms with Gasteiger partial charge in [-0.2, -0.15) is 0 Å². The molecule has 0 unspecified atom stereocenters. The topological polar surface area (TPSA) is 26.0 Å². The highest BCUT2D eigenvalue weighted by Gasteiger charge is 2.17. The monoisotopic (exact) mass is 337 g/mol. The molecule has 19 heavy (non-hydrogen) atoms. The van der Waals surface area contributed by atoms with Crippen molar-refractivity contribution in [1.29, 1.82) is 0 Å². The summed E-state index contributed by atoms with van der Waals surface area (Å²) in [5.74, 6) is 0. The zero-order valence-corrected chi connectivity index (χ0v) is 13.5. The molecule has 0 atom stereocenters. The normalized spacial score (nSPS) is 15.5. The third kappa shape index (κ3) is 2.80. The quantitative estimate of drug-likeness (QED) is 0.770. The molecule has 0 spiro atoms. The average molecular weight is 339 g/mol. The molecule has 0 bridgehead atoms. The first-order valence-electron chi connectivity index (χ1n) is 6.23. The largest absolute Gasteiger partial charge is 0.399 e. The van der Waals surface area contributed by atoms with Crippen LogP contribution in [0.4, 0.5) is 0 Å². The van der Waals surface area contributed by atoms with Crippen LogP contribution in [0.2, 0.25) is 0 Å².